The first kappa shape index (κ1) is 13.3. The van der Waals surface area contributed by atoms with Gasteiger partial charge in [0.15, 0.2) is 0 Å². The molecule has 0 aromatic rings. The number of esters is 1. The second kappa shape index (κ2) is 6.73. The Balaban J connectivity index is 3.70. The highest BCUT2D eigenvalue weighted by Gasteiger charge is 2.10. The normalized spacial score (nSPS) is 12.6. The number of rotatable bonds is 6. The van der Waals surface area contributed by atoms with Crippen LogP contribution in [0.5, 0.6) is 0 Å². The van der Waals surface area contributed by atoms with Crippen molar-refractivity contribution in [2.45, 2.75) is 13.3 Å². The van der Waals surface area contributed by atoms with Gasteiger partial charge in [0.05, 0.1) is 18.5 Å². The van der Waals surface area contributed by atoms with Gasteiger partial charge in [-0.05, 0) is 7.05 Å². The van der Waals surface area contributed by atoms with E-state index in [0.29, 0.717) is 18.0 Å². The number of ether oxygens (including phenoxy) is 1. The first-order valence-electron chi connectivity index (χ1n) is 4.52. The molecule has 0 aromatic carbocycles. The quantitative estimate of drug-likeness (QED) is 0.517. The zero-order valence-corrected chi connectivity index (χ0v) is 9.76. The van der Waals surface area contributed by atoms with Crippen molar-refractivity contribution in [3.63, 3.8) is 0 Å². The molecule has 1 atom stereocenters. The van der Waals surface area contributed by atoms with Crippen molar-refractivity contribution in [2.24, 2.45) is 11.7 Å². The lowest BCUT2D eigenvalue weighted by Crippen LogP contribution is -2.32. The van der Waals surface area contributed by atoms with Gasteiger partial charge in [0, 0.05) is 19.0 Å². The molecule has 0 saturated carbocycles. The highest BCUT2D eigenvalue weighted by molar-refractivity contribution is 7.80. The van der Waals surface area contributed by atoms with E-state index in [2.05, 4.69) is 4.74 Å². The summed E-state index contributed by atoms with van der Waals surface area (Å²) in [6, 6.07) is 0. The zero-order valence-electron chi connectivity index (χ0n) is 8.95. The maximum absolute atomic E-state index is 10.8. The van der Waals surface area contributed by atoms with Gasteiger partial charge in [0.1, 0.15) is 0 Å². The van der Waals surface area contributed by atoms with Crippen LogP contribution in [-0.2, 0) is 9.53 Å². The summed E-state index contributed by atoms with van der Waals surface area (Å²) in [6.45, 7) is 3.41. The molecule has 2 N–H and O–H groups in total. The number of thiocarbonyl (C=S) groups is 1. The summed E-state index contributed by atoms with van der Waals surface area (Å²) in [5, 5.41) is 0. The summed E-state index contributed by atoms with van der Waals surface area (Å²) in [5.74, 6) is -0.0209. The van der Waals surface area contributed by atoms with Crippen LogP contribution >= 0.6 is 12.2 Å². The van der Waals surface area contributed by atoms with Gasteiger partial charge < -0.3 is 15.4 Å². The number of carbonyl (C=O) groups excluding carboxylic acids is 1. The number of nitrogens with two attached hydrogens (primary N) is 1. The van der Waals surface area contributed by atoms with Crippen LogP contribution in [0.2, 0.25) is 0 Å². The van der Waals surface area contributed by atoms with Crippen LogP contribution in [0.3, 0.4) is 0 Å². The summed E-state index contributed by atoms with van der Waals surface area (Å²) in [4.78, 5) is 13.4. The molecule has 1 unspecified atom stereocenters. The van der Waals surface area contributed by atoms with E-state index in [1.165, 1.54) is 7.11 Å². The predicted octanol–water partition coefficient (Wildman–Crippen LogP) is 0.403. The first-order valence-corrected chi connectivity index (χ1v) is 4.93. The molecule has 0 heterocycles. The zero-order chi connectivity index (χ0) is 11.1. The Morgan fingerprint density at radius 1 is 1.64 bits per heavy atom. The smallest absolute Gasteiger partial charge is 0.306 e. The molecule has 0 aromatic heterocycles. The van der Waals surface area contributed by atoms with E-state index in [1.54, 1.807) is 0 Å². The number of nitrogens with zero attached hydrogens (tertiary/aromatic N) is 1. The molecule has 0 aliphatic rings. The molecule has 0 amide bonds. The maximum Gasteiger partial charge on any atom is 0.306 e. The molecule has 0 aliphatic heterocycles. The van der Waals surface area contributed by atoms with Crippen LogP contribution in [0.25, 0.3) is 0 Å². The van der Waals surface area contributed by atoms with Crippen molar-refractivity contribution in [3.8, 4) is 0 Å². The number of methoxy groups -OCH3 is 1. The van der Waals surface area contributed by atoms with E-state index in [0.717, 1.165) is 6.54 Å². The van der Waals surface area contributed by atoms with Crippen molar-refractivity contribution in [3.05, 3.63) is 0 Å². The van der Waals surface area contributed by atoms with Gasteiger partial charge in [-0.1, -0.05) is 19.1 Å². The Morgan fingerprint density at radius 2 is 2.21 bits per heavy atom. The third kappa shape index (κ3) is 5.88. The second-order valence-electron chi connectivity index (χ2n) is 3.39. The van der Waals surface area contributed by atoms with Crippen molar-refractivity contribution >= 4 is 23.2 Å². The van der Waals surface area contributed by atoms with E-state index in [1.807, 2.05) is 18.9 Å². The average Bonchev–Trinajstić information content (AvgIpc) is 2.13. The fourth-order valence-electron chi connectivity index (χ4n) is 1.03. The number of carbonyl (C=O) groups is 1. The lowest BCUT2D eigenvalue weighted by molar-refractivity contribution is -0.140. The third-order valence-electron chi connectivity index (χ3n) is 2.00. The molecular formula is C9H18N2O2S. The van der Waals surface area contributed by atoms with Crippen LogP contribution in [0, 0.1) is 5.92 Å². The van der Waals surface area contributed by atoms with Crippen LogP contribution < -0.4 is 5.73 Å². The summed E-state index contributed by atoms with van der Waals surface area (Å²) in [5.41, 5.74) is 5.48. The summed E-state index contributed by atoms with van der Waals surface area (Å²) in [6.07, 6.45) is 0.400. The SMILES string of the molecule is COC(=O)CCN(C)CC(C)C(N)=S. The molecule has 0 spiro atoms. The third-order valence-corrected chi connectivity index (χ3v) is 2.40. The molecule has 0 radical (unpaired) electrons. The standard InChI is InChI=1S/C9H18N2O2S/c1-7(9(10)14)6-11(2)5-4-8(12)13-3/h7H,4-6H2,1-3H3,(H2,10,14). The van der Waals surface area contributed by atoms with Gasteiger partial charge in [-0.15, -0.1) is 0 Å². The van der Waals surface area contributed by atoms with Gasteiger partial charge in [0.2, 0.25) is 0 Å². The van der Waals surface area contributed by atoms with E-state index in [4.69, 9.17) is 18.0 Å². The molecule has 82 valence electrons. The average molecular weight is 218 g/mol. The predicted molar refractivity (Wildman–Crippen MR) is 60.1 cm³/mol. The maximum atomic E-state index is 10.8. The molecule has 0 rings (SSSR count). The van der Waals surface area contributed by atoms with Crippen LogP contribution in [-0.4, -0.2) is 43.1 Å². The van der Waals surface area contributed by atoms with Gasteiger partial charge in [0.25, 0.3) is 0 Å². The molecular weight excluding hydrogens is 200 g/mol. The van der Waals surface area contributed by atoms with Crippen molar-refractivity contribution in [1.29, 1.82) is 0 Å². The van der Waals surface area contributed by atoms with E-state index >= 15 is 0 Å². The molecule has 14 heavy (non-hydrogen) atoms. The van der Waals surface area contributed by atoms with E-state index in [-0.39, 0.29) is 11.9 Å². The first-order chi connectivity index (χ1) is 6.47. The monoisotopic (exact) mass is 218 g/mol. The minimum absolute atomic E-state index is 0.174. The Labute approximate surface area is 90.4 Å². The Kier molecular flexibility index (Phi) is 6.40. The molecule has 0 saturated heterocycles. The van der Waals surface area contributed by atoms with Gasteiger partial charge in [-0.3, -0.25) is 4.79 Å². The summed E-state index contributed by atoms with van der Waals surface area (Å²) in [7, 11) is 3.32. The lowest BCUT2D eigenvalue weighted by Gasteiger charge is -2.19. The van der Waals surface area contributed by atoms with Crippen LogP contribution in [0.15, 0.2) is 0 Å². The Hall–Kier alpha value is -0.680. The fourth-order valence-corrected chi connectivity index (χ4v) is 1.11. The second-order valence-corrected chi connectivity index (χ2v) is 3.86. The topological polar surface area (TPSA) is 55.6 Å². The van der Waals surface area contributed by atoms with Crippen LogP contribution in [0.1, 0.15) is 13.3 Å². The van der Waals surface area contributed by atoms with E-state index < -0.39 is 0 Å². The van der Waals surface area contributed by atoms with Gasteiger partial charge in [-0.2, -0.15) is 0 Å². The molecule has 0 fully saturated rings. The Bertz CT molecular complexity index is 209. The Morgan fingerprint density at radius 3 is 2.64 bits per heavy atom. The largest absolute Gasteiger partial charge is 0.469 e. The highest BCUT2D eigenvalue weighted by atomic mass is 32.1. The fraction of sp³-hybridized carbons (Fsp3) is 0.778. The van der Waals surface area contributed by atoms with Gasteiger partial charge >= 0.3 is 5.97 Å². The molecule has 5 heteroatoms. The van der Waals surface area contributed by atoms with Crippen molar-refractivity contribution < 1.29 is 9.53 Å². The number of hydrogen-bond donors (Lipinski definition) is 1. The van der Waals surface area contributed by atoms with Crippen molar-refractivity contribution in [1.82, 2.24) is 4.90 Å². The van der Waals surface area contributed by atoms with Crippen molar-refractivity contribution in [2.75, 3.05) is 27.2 Å². The van der Waals surface area contributed by atoms with Crippen LogP contribution in [0.4, 0.5) is 0 Å². The molecule has 0 bridgehead atoms. The minimum Gasteiger partial charge on any atom is -0.469 e. The summed E-state index contributed by atoms with van der Waals surface area (Å²) >= 11 is 4.85. The minimum atomic E-state index is -0.195. The van der Waals surface area contributed by atoms with Gasteiger partial charge in [-0.25, -0.2) is 0 Å². The summed E-state index contributed by atoms with van der Waals surface area (Å²) < 4.78 is 4.54. The lowest BCUT2D eigenvalue weighted by atomic mass is 10.1. The number of hydrogen-bond acceptors (Lipinski definition) is 4. The van der Waals surface area contributed by atoms with E-state index in [9.17, 15) is 4.79 Å². The highest BCUT2D eigenvalue weighted by Crippen LogP contribution is 1.99. The molecule has 4 nitrogen and oxygen atoms in total. The molecule has 0 aliphatic carbocycles.